The molecule has 0 heterocycles. The van der Waals surface area contributed by atoms with E-state index >= 15 is 0 Å². The van der Waals surface area contributed by atoms with Crippen LogP contribution in [0.4, 0.5) is 0 Å². The molecule has 0 spiro atoms. The number of hydrogen-bond donors (Lipinski definition) is 1. The van der Waals surface area contributed by atoms with Gasteiger partial charge in [0.25, 0.3) is 0 Å². The van der Waals surface area contributed by atoms with Crippen molar-refractivity contribution >= 4 is 23.6 Å². The van der Waals surface area contributed by atoms with Gasteiger partial charge < -0.3 is 10.0 Å². The van der Waals surface area contributed by atoms with Crippen LogP contribution in [0.2, 0.25) is 0 Å². The molecule has 0 fully saturated rings. The highest BCUT2D eigenvalue weighted by Gasteiger charge is 2.21. The number of amides is 1. The minimum Gasteiger partial charge on any atom is -0.480 e. The molecular formula is C15H21NO3S. The van der Waals surface area contributed by atoms with Crippen molar-refractivity contribution in [2.75, 3.05) is 12.3 Å². The minimum atomic E-state index is -0.973. The fraction of sp³-hybridized carbons (Fsp3) is 0.467. The van der Waals surface area contributed by atoms with Crippen LogP contribution < -0.4 is 0 Å². The molecule has 0 saturated carbocycles. The molecule has 1 aromatic rings. The van der Waals surface area contributed by atoms with Gasteiger partial charge in [-0.25, -0.2) is 0 Å². The predicted octanol–water partition coefficient (Wildman–Crippen LogP) is 2.80. The van der Waals surface area contributed by atoms with Crippen molar-refractivity contribution in [2.24, 2.45) is 0 Å². The van der Waals surface area contributed by atoms with Gasteiger partial charge in [0.2, 0.25) is 5.91 Å². The Morgan fingerprint density at radius 1 is 1.30 bits per heavy atom. The Bertz CT molecular complexity index is 459. The van der Waals surface area contributed by atoms with E-state index in [1.165, 1.54) is 22.2 Å². The summed E-state index contributed by atoms with van der Waals surface area (Å²) >= 11 is 1.44. The van der Waals surface area contributed by atoms with Gasteiger partial charge in [0.05, 0.1) is 5.75 Å². The molecule has 1 N–H and O–H groups in total. The van der Waals surface area contributed by atoms with Crippen molar-refractivity contribution in [3.05, 3.63) is 29.8 Å². The first-order valence-electron chi connectivity index (χ1n) is 6.64. The van der Waals surface area contributed by atoms with Gasteiger partial charge in [-0.05, 0) is 32.4 Å². The van der Waals surface area contributed by atoms with Crippen molar-refractivity contribution in [2.45, 2.75) is 38.1 Å². The highest BCUT2D eigenvalue weighted by Crippen LogP contribution is 2.19. The molecule has 0 radical (unpaired) electrons. The summed E-state index contributed by atoms with van der Waals surface area (Å²) < 4.78 is 0. The van der Waals surface area contributed by atoms with Crippen LogP contribution in [0.5, 0.6) is 0 Å². The molecule has 1 unspecified atom stereocenters. The Balaban J connectivity index is 2.61. The number of carboxylic acids is 1. The highest BCUT2D eigenvalue weighted by molar-refractivity contribution is 8.00. The first-order valence-corrected chi connectivity index (χ1v) is 7.63. The van der Waals surface area contributed by atoms with E-state index in [-0.39, 0.29) is 24.2 Å². The number of aryl methyl sites for hydroxylation is 1. The van der Waals surface area contributed by atoms with Gasteiger partial charge >= 0.3 is 5.97 Å². The summed E-state index contributed by atoms with van der Waals surface area (Å²) in [4.78, 5) is 25.5. The molecule has 110 valence electrons. The zero-order valence-corrected chi connectivity index (χ0v) is 12.9. The van der Waals surface area contributed by atoms with Crippen molar-refractivity contribution in [3.8, 4) is 0 Å². The van der Waals surface area contributed by atoms with Crippen LogP contribution >= 0.6 is 11.8 Å². The molecule has 0 aromatic heterocycles. The number of carbonyl (C=O) groups excluding carboxylic acids is 1. The van der Waals surface area contributed by atoms with Crippen molar-refractivity contribution < 1.29 is 14.7 Å². The number of aliphatic carboxylic acids is 1. The lowest BCUT2D eigenvalue weighted by atomic mass is 10.2. The maximum atomic E-state index is 12.2. The van der Waals surface area contributed by atoms with Gasteiger partial charge in [0.1, 0.15) is 6.54 Å². The maximum absolute atomic E-state index is 12.2. The molecule has 5 heteroatoms. The average molecular weight is 295 g/mol. The van der Waals surface area contributed by atoms with Crippen molar-refractivity contribution in [3.63, 3.8) is 0 Å². The Kier molecular flexibility index (Phi) is 6.58. The van der Waals surface area contributed by atoms with E-state index in [0.717, 1.165) is 11.3 Å². The van der Waals surface area contributed by atoms with Gasteiger partial charge in [0.15, 0.2) is 0 Å². The van der Waals surface area contributed by atoms with E-state index in [0.29, 0.717) is 0 Å². The monoisotopic (exact) mass is 295 g/mol. The Labute approximate surface area is 124 Å². The zero-order chi connectivity index (χ0) is 15.1. The third-order valence-corrected chi connectivity index (χ3v) is 4.13. The smallest absolute Gasteiger partial charge is 0.323 e. The van der Waals surface area contributed by atoms with Crippen LogP contribution in [0.1, 0.15) is 25.8 Å². The molecule has 1 amide bonds. The molecule has 0 aliphatic carbocycles. The molecule has 0 saturated heterocycles. The number of benzene rings is 1. The second-order valence-electron chi connectivity index (χ2n) is 4.77. The zero-order valence-electron chi connectivity index (χ0n) is 12.1. The quantitative estimate of drug-likeness (QED) is 0.786. The Morgan fingerprint density at radius 2 is 1.90 bits per heavy atom. The summed E-state index contributed by atoms with van der Waals surface area (Å²) in [6.07, 6.45) is 0.744. The number of rotatable bonds is 7. The van der Waals surface area contributed by atoms with Gasteiger partial charge in [-0.15, -0.1) is 11.8 Å². The fourth-order valence-corrected chi connectivity index (χ4v) is 2.50. The third-order valence-electron chi connectivity index (χ3n) is 3.13. The van der Waals surface area contributed by atoms with Gasteiger partial charge in [-0.3, -0.25) is 9.59 Å². The first-order chi connectivity index (χ1) is 9.43. The van der Waals surface area contributed by atoms with Crippen LogP contribution in [-0.2, 0) is 9.59 Å². The molecule has 0 aliphatic rings. The van der Waals surface area contributed by atoms with Gasteiger partial charge in [0, 0.05) is 10.9 Å². The molecule has 1 atom stereocenters. The van der Waals surface area contributed by atoms with Crippen molar-refractivity contribution in [1.29, 1.82) is 0 Å². The number of hydrogen-bond acceptors (Lipinski definition) is 3. The lowest BCUT2D eigenvalue weighted by Gasteiger charge is -2.26. The summed E-state index contributed by atoms with van der Waals surface area (Å²) in [5.74, 6) is -0.841. The van der Waals surface area contributed by atoms with Gasteiger partial charge in [-0.2, -0.15) is 0 Å². The SMILES string of the molecule is CCC(C)N(CC(=O)O)C(=O)CSc1ccc(C)cc1. The average Bonchev–Trinajstić information content (AvgIpc) is 2.42. The lowest BCUT2D eigenvalue weighted by Crippen LogP contribution is -2.42. The standard InChI is InChI=1S/C15H21NO3S/c1-4-12(3)16(9-15(18)19)14(17)10-20-13-7-5-11(2)6-8-13/h5-8,12H,4,9-10H2,1-3H3,(H,18,19). The fourth-order valence-electron chi connectivity index (χ4n) is 1.72. The van der Waals surface area contributed by atoms with Crippen LogP contribution in [0.15, 0.2) is 29.2 Å². The second kappa shape index (κ2) is 7.94. The summed E-state index contributed by atoms with van der Waals surface area (Å²) in [6, 6.07) is 7.88. The van der Waals surface area contributed by atoms with Crippen LogP contribution in [-0.4, -0.2) is 40.2 Å². The van der Waals surface area contributed by atoms with Crippen molar-refractivity contribution in [1.82, 2.24) is 4.90 Å². The topological polar surface area (TPSA) is 57.6 Å². The summed E-state index contributed by atoms with van der Waals surface area (Å²) in [5, 5.41) is 8.89. The molecule has 0 aliphatic heterocycles. The largest absolute Gasteiger partial charge is 0.480 e. The number of thioether (sulfide) groups is 1. The number of nitrogens with zero attached hydrogens (tertiary/aromatic N) is 1. The molecule has 4 nitrogen and oxygen atoms in total. The first kappa shape index (κ1) is 16.6. The summed E-state index contributed by atoms with van der Waals surface area (Å²) in [6.45, 7) is 5.59. The molecule has 20 heavy (non-hydrogen) atoms. The van der Waals surface area contributed by atoms with E-state index in [1.54, 1.807) is 0 Å². The normalized spacial score (nSPS) is 11.9. The van der Waals surface area contributed by atoms with E-state index in [1.807, 2.05) is 45.0 Å². The van der Waals surface area contributed by atoms with Crippen LogP contribution in [0.25, 0.3) is 0 Å². The minimum absolute atomic E-state index is 0.0581. The van der Waals surface area contributed by atoms with Gasteiger partial charge in [-0.1, -0.05) is 24.6 Å². The second-order valence-corrected chi connectivity index (χ2v) is 5.82. The Hall–Kier alpha value is -1.49. The lowest BCUT2D eigenvalue weighted by molar-refractivity contribution is -0.144. The number of carbonyl (C=O) groups is 2. The molecule has 1 rings (SSSR count). The van der Waals surface area contributed by atoms with E-state index in [2.05, 4.69) is 0 Å². The maximum Gasteiger partial charge on any atom is 0.323 e. The highest BCUT2D eigenvalue weighted by atomic mass is 32.2. The predicted molar refractivity (Wildman–Crippen MR) is 81.0 cm³/mol. The molecular weight excluding hydrogens is 274 g/mol. The third kappa shape index (κ3) is 5.25. The summed E-state index contributed by atoms with van der Waals surface area (Å²) in [5.41, 5.74) is 1.17. The Morgan fingerprint density at radius 3 is 2.40 bits per heavy atom. The molecule has 1 aromatic carbocycles. The van der Waals surface area contributed by atoms with Crippen LogP contribution in [0.3, 0.4) is 0 Å². The number of carboxylic acid groups (broad SMARTS) is 1. The van der Waals surface area contributed by atoms with Crippen LogP contribution in [0, 0.1) is 6.92 Å². The summed E-state index contributed by atoms with van der Waals surface area (Å²) in [7, 11) is 0. The molecule has 0 bridgehead atoms. The van der Waals surface area contributed by atoms with E-state index < -0.39 is 5.97 Å². The van der Waals surface area contributed by atoms with E-state index in [4.69, 9.17) is 5.11 Å². The van der Waals surface area contributed by atoms with E-state index in [9.17, 15) is 9.59 Å².